The molecule has 0 aliphatic heterocycles. The van der Waals surface area contributed by atoms with E-state index in [1.165, 1.54) is 0 Å². The average molecular weight is 431 g/mol. The average Bonchev–Trinajstić information content (AvgIpc) is 2.83. The first-order chi connectivity index (χ1) is 15.5. The molecule has 0 spiro atoms. The molecular formula is C27H30N2O3. The van der Waals surface area contributed by atoms with Gasteiger partial charge in [-0.3, -0.25) is 4.79 Å². The molecule has 1 N–H and O–H groups in total. The Balaban J connectivity index is 2.31. The standard InChI is InChI=1S/C27H30N2O3/c1-4-29(5-2)18-17-27(19-28,26(30)31)25(23-14-8-9-16-24(23)32-3)22-15-10-12-20-11-6-7-13-21(20)22/h6-16,25H,4-5,17-18H2,1-3H3,(H,30,31). The van der Waals surface area contributed by atoms with Gasteiger partial charge in [0.2, 0.25) is 0 Å². The molecule has 0 saturated carbocycles. The van der Waals surface area contributed by atoms with Crippen LogP contribution < -0.4 is 4.74 Å². The molecule has 0 aromatic heterocycles. The Bertz CT molecular complexity index is 1110. The van der Waals surface area contributed by atoms with E-state index in [1.807, 2.05) is 80.6 Å². The summed E-state index contributed by atoms with van der Waals surface area (Å²) in [4.78, 5) is 15.0. The summed E-state index contributed by atoms with van der Waals surface area (Å²) in [5.41, 5.74) is -0.146. The van der Waals surface area contributed by atoms with Crippen LogP contribution in [-0.4, -0.2) is 42.7 Å². The first kappa shape index (κ1) is 23.3. The van der Waals surface area contributed by atoms with Crippen molar-refractivity contribution in [3.8, 4) is 11.8 Å². The number of nitriles is 1. The second kappa shape index (κ2) is 10.3. The molecule has 5 heteroatoms. The van der Waals surface area contributed by atoms with Gasteiger partial charge in [0.25, 0.3) is 0 Å². The van der Waals surface area contributed by atoms with E-state index >= 15 is 0 Å². The van der Waals surface area contributed by atoms with Gasteiger partial charge in [-0.05, 0) is 41.9 Å². The number of hydrogen-bond acceptors (Lipinski definition) is 4. The molecule has 3 aromatic rings. The monoisotopic (exact) mass is 430 g/mol. The number of fused-ring (bicyclic) bond motifs is 1. The molecule has 2 atom stereocenters. The van der Waals surface area contributed by atoms with E-state index in [0.29, 0.717) is 17.9 Å². The maximum absolute atomic E-state index is 12.9. The molecule has 0 saturated heterocycles. The maximum Gasteiger partial charge on any atom is 0.325 e. The van der Waals surface area contributed by atoms with E-state index in [4.69, 9.17) is 4.74 Å². The Morgan fingerprint density at radius 1 is 1.03 bits per heavy atom. The van der Waals surface area contributed by atoms with Gasteiger partial charge in [0.05, 0.1) is 13.2 Å². The zero-order valence-corrected chi connectivity index (χ0v) is 18.9. The Kier molecular flexibility index (Phi) is 7.50. The van der Waals surface area contributed by atoms with Gasteiger partial charge in [-0.15, -0.1) is 0 Å². The van der Waals surface area contributed by atoms with Gasteiger partial charge in [-0.25, -0.2) is 0 Å². The van der Waals surface area contributed by atoms with Gasteiger partial charge in [0, 0.05) is 18.0 Å². The second-order valence-corrected chi connectivity index (χ2v) is 7.91. The molecule has 2 unspecified atom stereocenters. The molecule has 0 aliphatic carbocycles. The zero-order valence-electron chi connectivity index (χ0n) is 18.9. The van der Waals surface area contributed by atoms with E-state index < -0.39 is 17.3 Å². The largest absolute Gasteiger partial charge is 0.496 e. The number of hydrogen-bond donors (Lipinski definition) is 1. The van der Waals surface area contributed by atoms with Crippen molar-refractivity contribution in [3.63, 3.8) is 0 Å². The summed E-state index contributed by atoms with van der Waals surface area (Å²) in [6, 6.07) is 23.4. The molecule has 166 valence electrons. The number of aliphatic carboxylic acids is 1. The lowest BCUT2D eigenvalue weighted by Gasteiger charge is -2.35. The van der Waals surface area contributed by atoms with Crippen LogP contribution in [0, 0.1) is 16.7 Å². The lowest BCUT2D eigenvalue weighted by Crippen LogP contribution is -2.40. The van der Waals surface area contributed by atoms with Crippen LogP contribution in [0.1, 0.15) is 37.3 Å². The predicted molar refractivity (Wildman–Crippen MR) is 127 cm³/mol. The van der Waals surface area contributed by atoms with Crippen molar-refractivity contribution in [2.45, 2.75) is 26.2 Å². The summed E-state index contributed by atoms with van der Waals surface area (Å²) in [5, 5.41) is 22.9. The summed E-state index contributed by atoms with van der Waals surface area (Å²) in [6.45, 7) is 6.20. The summed E-state index contributed by atoms with van der Waals surface area (Å²) in [5.74, 6) is -1.24. The lowest BCUT2D eigenvalue weighted by molar-refractivity contribution is -0.146. The third-order valence-corrected chi connectivity index (χ3v) is 6.38. The highest BCUT2D eigenvalue weighted by molar-refractivity contribution is 5.89. The van der Waals surface area contributed by atoms with E-state index in [1.54, 1.807) is 7.11 Å². The smallest absolute Gasteiger partial charge is 0.325 e. The van der Waals surface area contributed by atoms with Crippen LogP contribution in [-0.2, 0) is 4.79 Å². The van der Waals surface area contributed by atoms with Crippen LogP contribution in [0.25, 0.3) is 10.8 Å². The van der Waals surface area contributed by atoms with Gasteiger partial charge >= 0.3 is 5.97 Å². The number of para-hydroxylation sites is 1. The van der Waals surface area contributed by atoms with Gasteiger partial charge in [0.15, 0.2) is 5.41 Å². The molecule has 0 fully saturated rings. The molecule has 0 radical (unpaired) electrons. The quantitative estimate of drug-likeness (QED) is 0.472. The third kappa shape index (κ3) is 4.32. The van der Waals surface area contributed by atoms with Crippen molar-refractivity contribution < 1.29 is 14.6 Å². The highest BCUT2D eigenvalue weighted by atomic mass is 16.5. The Morgan fingerprint density at radius 2 is 1.66 bits per heavy atom. The van der Waals surface area contributed by atoms with Crippen molar-refractivity contribution in [1.82, 2.24) is 4.90 Å². The fraction of sp³-hybridized carbons (Fsp3) is 0.333. The summed E-state index contributed by atoms with van der Waals surface area (Å²) >= 11 is 0. The van der Waals surface area contributed by atoms with Crippen LogP contribution in [0.2, 0.25) is 0 Å². The zero-order chi connectivity index (χ0) is 23.1. The minimum atomic E-state index is -1.67. The fourth-order valence-electron chi connectivity index (χ4n) is 4.52. The number of ether oxygens (including phenoxy) is 1. The van der Waals surface area contributed by atoms with Crippen LogP contribution in [0.3, 0.4) is 0 Å². The molecular weight excluding hydrogens is 400 g/mol. The Morgan fingerprint density at radius 3 is 2.31 bits per heavy atom. The fourth-order valence-corrected chi connectivity index (χ4v) is 4.52. The minimum Gasteiger partial charge on any atom is -0.496 e. The van der Waals surface area contributed by atoms with Crippen molar-refractivity contribution >= 4 is 16.7 Å². The number of nitrogens with zero attached hydrogens (tertiary/aromatic N) is 2. The number of carbonyl (C=O) groups is 1. The molecule has 32 heavy (non-hydrogen) atoms. The predicted octanol–water partition coefficient (Wildman–Crippen LogP) is 5.31. The maximum atomic E-state index is 12.9. The number of carboxylic acids is 1. The Hall–Kier alpha value is -3.36. The summed E-state index contributed by atoms with van der Waals surface area (Å²) in [6.07, 6.45) is 0.201. The molecule has 0 heterocycles. The topological polar surface area (TPSA) is 73.6 Å². The van der Waals surface area contributed by atoms with Crippen LogP contribution in [0.15, 0.2) is 66.7 Å². The van der Waals surface area contributed by atoms with E-state index in [9.17, 15) is 15.2 Å². The Labute approximate surface area is 189 Å². The van der Waals surface area contributed by atoms with Crippen LogP contribution in [0.4, 0.5) is 0 Å². The molecule has 0 bridgehead atoms. The molecule has 0 aliphatic rings. The number of benzene rings is 3. The number of methoxy groups -OCH3 is 1. The minimum absolute atomic E-state index is 0.201. The molecule has 3 aromatic carbocycles. The SMILES string of the molecule is CCN(CC)CCC(C#N)(C(=O)O)C(c1ccccc1OC)c1cccc2ccccc12. The third-order valence-electron chi connectivity index (χ3n) is 6.38. The molecule has 3 rings (SSSR count). The van der Waals surface area contributed by atoms with Crippen LogP contribution >= 0.6 is 0 Å². The summed E-state index contributed by atoms with van der Waals surface area (Å²) < 4.78 is 5.63. The van der Waals surface area contributed by atoms with Gasteiger partial charge in [0.1, 0.15) is 5.75 Å². The van der Waals surface area contributed by atoms with Gasteiger partial charge < -0.3 is 14.7 Å². The van der Waals surface area contributed by atoms with Gasteiger partial charge in [-0.2, -0.15) is 5.26 Å². The molecule has 5 nitrogen and oxygen atoms in total. The van der Waals surface area contributed by atoms with E-state index in [-0.39, 0.29) is 6.42 Å². The van der Waals surface area contributed by atoms with E-state index in [2.05, 4.69) is 11.0 Å². The molecule has 0 amide bonds. The lowest BCUT2D eigenvalue weighted by atomic mass is 9.66. The van der Waals surface area contributed by atoms with Crippen molar-refractivity contribution in [3.05, 3.63) is 77.9 Å². The highest BCUT2D eigenvalue weighted by Gasteiger charge is 2.49. The highest BCUT2D eigenvalue weighted by Crippen LogP contribution is 2.48. The van der Waals surface area contributed by atoms with Crippen LogP contribution in [0.5, 0.6) is 5.75 Å². The first-order valence-corrected chi connectivity index (χ1v) is 11.0. The van der Waals surface area contributed by atoms with Crippen molar-refractivity contribution in [1.29, 1.82) is 5.26 Å². The van der Waals surface area contributed by atoms with Crippen molar-refractivity contribution in [2.75, 3.05) is 26.7 Å². The first-order valence-electron chi connectivity index (χ1n) is 11.0. The number of rotatable bonds is 10. The van der Waals surface area contributed by atoms with E-state index in [0.717, 1.165) is 29.4 Å². The van der Waals surface area contributed by atoms with Gasteiger partial charge in [-0.1, -0.05) is 74.5 Å². The van der Waals surface area contributed by atoms with Crippen molar-refractivity contribution in [2.24, 2.45) is 5.41 Å². The second-order valence-electron chi connectivity index (χ2n) is 7.91. The number of carboxylic acid groups (broad SMARTS) is 1. The normalized spacial score (nSPS) is 14.0. The summed E-state index contributed by atoms with van der Waals surface area (Å²) in [7, 11) is 1.57.